The highest BCUT2D eigenvalue weighted by molar-refractivity contribution is 7.90. The van der Waals surface area contributed by atoms with E-state index in [9.17, 15) is 13.2 Å². The molecule has 1 N–H and O–H groups in total. The summed E-state index contributed by atoms with van der Waals surface area (Å²) in [7, 11) is -2.28. The van der Waals surface area contributed by atoms with Gasteiger partial charge in [0.1, 0.15) is 4.90 Å². The van der Waals surface area contributed by atoms with Gasteiger partial charge in [0.2, 0.25) is 5.91 Å². The summed E-state index contributed by atoms with van der Waals surface area (Å²) in [4.78, 5) is 15.0. The number of aromatic nitrogens is 1. The third-order valence-electron chi connectivity index (χ3n) is 1.95. The van der Waals surface area contributed by atoms with Crippen LogP contribution in [-0.2, 0) is 19.6 Å². The SMILES string of the molecule is COCCCC(=O)NS(=O)(=O)c1cccnc1. The van der Waals surface area contributed by atoms with Crippen molar-refractivity contribution in [2.24, 2.45) is 0 Å². The summed E-state index contributed by atoms with van der Waals surface area (Å²) in [5.74, 6) is -0.550. The van der Waals surface area contributed by atoms with Gasteiger partial charge in [-0.05, 0) is 18.6 Å². The summed E-state index contributed by atoms with van der Waals surface area (Å²) < 4.78 is 30.1. The van der Waals surface area contributed by atoms with Gasteiger partial charge in [-0.15, -0.1) is 0 Å². The molecule has 0 unspecified atom stereocenters. The van der Waals surface area contributed by atoms with Crippen LogP contribution in [0.3, 0.4) is 0 Å². The molecular weight excluding hydrogens is 244 g/mol. The Balaban J connectivity index is 2.59. The van der Waals surface area contributed by atoms with E-state index in [0.29, 0.717) is 13.0 Å². The fourth-order valence-corrected chi connectivity index (χ4v) is 2.12. The van der Waals surface area contributed by atoms with Gasteiger partial charge in [-0.3, -0.25) is 9.78 Å². The maximum atomic E-state index is 11.7. The Morgan fingerprint density at radius 1 is 1.53 bits per heavy atom. The Kier molecular flexibility index (Phi) is 5.05. The van der Waals surface area contributed by atoms with E-state index in [1.54, 1.807) is 0 Å². The fourth-order valence-electron chi connectivity index (χ4n) is 1.14. The molecule has 1 aromatic heterocycles. The summed E-state index contributed by atoms with van der Waals surface area (Å²) >= 11 is 0. The van der Waals surface area contributed by atoms with E-state index in [2.05, 4.69) is 4.98 Å². The van der Waals surface area contributed by atoms with Gasteiger partial charge in [-0.2, -0.15) is 0 Å². The molecule has 0 aliphatic heterocycles. The Bertz CT molecular complexity index is 458. The molecule has 17 heavy (non-hydrogen) atoms. The second-order valence-electron chi connectivity index (χ2n) is 3.31. The van der Waals surface area contributed by atoms with Crippen molar-refractivity contribution in [3.63, 3.8) is 0 Å². The minimum absolute atomic E-state index is 0.0277. The van der Waals surface area contributed by atoms with E-state index < -0.39 is 15.9 Å². The number of hydrogen-bond donors (Lipinski definition) is 1. The molecule has 0 radical (unpaired) electrons. The minimum atomic E-state index is -3.80. The zero-order valence-electron chi connectivity index (χ0n) is 9.42. The third-order valence-corrected chi connectivity index (χ3v) is 3.30. The predicted octanol–water partition coefficient (Wildman–Crippen LogP) is 0.313. The summed E-state index contributed by atoms with van der Waals surface area (Å²) in [5, 5.41) is 0. The van der Waals surface area contributed by atoms with Crippen LogP contribution in [0.25, 0.3) is 0 Å². The van der Waals surface area contributed by atoms with Gasteiger partial charge in [0.25, 0.3) is 10.0 Å². The third kappa shape index (κ3) is 4.49. The standard InChI is InChI=1S/C10H14N2O4S/c1-16-7-3-5-10(13)12-17(14,15)9-4-2-6-11-8-9/h2,4,6,8H,3,5,7H2,1H3,(H,12,13). The second-order valence-corrected chi connectivity index (χ2v) is 5.00. The summed E-state index contributed by atoms with van der Waals surface area (Å²) in [6.07, 6.45) is 3.22. The van der Waals surface area contributed by atoms with E-state index in [1.807, 2.05) is 4.72 Å². The Hall–Kier alpha value is -1.47. The van der Waals surface area contributed by atoms with Crippen LogP contribution in [0.2, 0.25) is 0 Å². The lowest BCUT2D eigenvalue weighted by Gasteiger charge is -2.05. The second kappa shape index (κ2) is 6.31. The fraction of sp³-hybridized carbons (Fsp3) is 0.400. The first-order valence-electron chi connectivity index (χ1n) is 5.01. The topological polar surface area (TPSA) is 85.4 Å². The average Bonchev–Trinajstić information content (AvgIpc) is 2.30. The first kappa shape index (κ1) is 13.6. The lowest BCUT2D eigenvalue weighted by molar-refractivity contribution is -0.119. The number of sulfonamides is 1. The highest BCUT2D eigenvalue weighted by Gasteiger charge is 2.16. The Morgan fingerprint density at radius 2 is 2.29 bits per heavy atom. The van der Waals surface area contributed by atoms with E-state index in [4.69, 9.17) is 4.74 Å². The molecule has 1 heterocycles. The van der Waals surface area contributed by atoms with Gasteiger partial charge in [-0.25, -0.2) is 13.1 Å². The maximum absolute atomic E-state index is 11.7. The number of nitrogens with one attached hydrogen (secondary N) is 1. The normalized spacial score (nSPS) is 11.1. The molecule has 94 valence electrons. The highest BCUT2D eigenvalue weighted by Crippen LogP contribution is 2.05. The molecule has 0 bridgehead atoms. The van der Waals surface area contributed by atoms with Crippen LogP contribution in [0.1, 0.15) is 12.8 Å². The quantitative estimate of drug-likeness (QED) is 0.742. The molecule has 1 rings (SSSR count). The predicted molar refractivity (Wildman–Crippen MR) is 60.7 cm³/mol. The average molecular weight is 258 g/mol. The van der Waals surface area contributed by atoms with Crippen molar-refractivity contribution in [3.8, 4) is 0 Å². The number of carbonyl (C=O) groups excluding carboxylic acids is 1. The van der Waals surface area contributed by atoms with E-state index >= 15 is 0 Å². The highest BCUT2D eigenvalue weighted by atomic mass is 32.2. The molecule has 7 heteroatoms. The minimum Gasteiger partial charge on any atom is -0.385 e. The van der Waals surface area contributed by atoms with Gasteiger partial charge >= 0.3 is 0 Å². The lowest BCUT2D eigenvalue weighted by Crippen LogP contribution is -2.30. The summed E-state index contributed by atoms with van der Waals surface area (Å²) in [5.41, 5.74) is 0. The van der Waals surface area contributed by atoms with E-state index in [1.165, 1.54) is 31.6 Å². The molecule has 0 spiro atoms. The number of carbonyl (C=O) groups is 1. The maximum Gasteiger partial charge on any atom is 0.265 e. The number of hydrogen-bond acceptors (Lipinski definition) is 5. The van der Waals surface area contributed by atoms with Crippen LogP contribution in [0.4, 0.5) is 0 Å². The van der Waals surface area contributed by atoms with Gasteiger partial charge < -0.3 is 4.74 Å². The van der Waals surface area contributed by atoms with Crippen molar-refractivity contribution in [1.29, 1.82) is 0 Å². The molecule has 6 nitrogen and oxygen atoms in total. The number of methoxy groups -OCH3 is 1. The van der Waals surface area contributed by atoms with Crippen LogP contribution < -0.4 is 4.72 Å². The summed E-state index contributed by atoms with van der Waals surface area (Å²) in [6, 6.07) is 2.86. The van der Waals surface area contributed by atoms with E-state index in [0.717, 1.165) is 0 Å². The number of amides is 1. The monoisotopic (exact) mass is 258 g/mol. The largest absolute Gasteiger partial charge is 0.385 e. The van der Waals surface area contributed by atoms with E-state index in [-0.39, 0.29) is 11.3 Å². The van der Waals surface area contributed by atoms with Crippen LogP contribution in [0.5, 0.6) is 0 Å². The van der Waals surface area contributed by atoms with Crippen molar-refractivity contribution >= 4 is 15.9 Å². The number of pyridine rings is 1. The zero-order chi connectivity index (χ0) is 12.7. The molecule has 0 aromatic carbocycles. The molecule has 1 aromatic rings. The number of rotatable bonds is 6. The van der Waals surface area contributed by atoms with Gasteiger partial charge in [0.05, 0.1) is 0 Å². The van der Waals surface area contributed by atoms with Crippen molar-refractivity contribution in [1.82, 2.24) is 9.71 Å². The van der Waals surface area contributed by atoms with Crippen LogP contribution >= 0.6 is 0 Å². The van der Waals surface area contributed by atoms with Crippen molar-refractivity contribution in [2.75, 3.05) is 13.7 Å². The molecule has 0 fully saturated rings. The molecule has 0 saturated heterocycles. The number of ether oxygens (including phenoxy) is 1. The van der Waals surface area contributed by atoms with Gasteiger partial charge in [0.15, 0.2) is 0 Å². The smallest absolute Gasteiger partial charge is 0.265 e. The van der Waals surface area contributed by atoms with Gasteiger partial charge in [-0.1, -0.05) is 0 Å². The zero-order valence-corrected chi connectivity index (χ0v) is 10.2. The van der Waals surface area contributed by atoms with Crippen molar-refractivity contribution in [2.45, 2.75) is 17.7 Å². The number of nitrogens with zero attached hydrogens (tertiary/aromatic N) is 1. The Morgan fingerprint density at radius 3 is 2.88 bits per heavy atom. The summed E-state index contributed by atoms with van der Waals surface area (Å²) in [6.45, 7) is 0.417. The van der Waals surface area contributed by atoms with Crippen LogP contribution in [-0.4, -0.2) is 33.0 Å². The molecule has 0 aliphatic carbocycles. The first-order chi connectivity index (χ1) is 8.06. The molecule has 0 aliphatic rings. The van der Waals surface area contributed by atoms with Gasteiger partial charge in [0, 0.05) is 32.5 Å². The Labute approximate surface area is 100 Å². The van der Waals surface area contributed by atoms with Crippen molar-refractivity contribution in [3.05, 3.63) is 24.5 Å². The molecule has 1 amide bonds. The van der Waals surface area contributed by atoms with Crippen LogP contribution in [0, 0.1) is 0 Å². The van der Waals surface area contributed by atoms with Crippen LogP contribution in [0.15, 0.2) is 29.4 Å². The first-order valence-corrected chi connectivity index (χ1v) is 6.49. The van der Waals surface area contributed by atoms with Crippen molar-refractivity contribution < 1.29 is 17.9 Å². The molecule has 0 saturated carbocycles. The lowest BCUT2D eigenvalue weighted by atomic mass is 10.3. The molecular formula is C10H14N2O4S. The molecule has 0 atom stereocenters.